The maximum atomic E-state index is 11.2. The van der Waals surface area contributed by atoms with E-state index in [4.69, 9.17) is 5.73 Å². The van der Waals surface area contributed by atoms with Crippen molar-refractivity contribution >= 4 is 11.9 Å². The molecular weight excluding hydrogens is 170 g/mol. The summed E-state index contributed by atoms with van der Waals surface area (Å²) in [5.41, 5.74) is 5.46. The van der Waals surface area contributed by atoms with Crippen LogP contribution in [0.25, 0.3) is 0 Å². The molecule has 1 atom stereocenters. The molecule has 0 radical (unpaired) electrons. The molecular formula is C7H13N5O. The first-order valence-electron chi connectivity index (χ1n) is 3.99. The first-order chi connectivity index (χ1) is 6.09. The largest absolute Gasteiger partial charge is 0.327 e. The van der Waals surface area contributed by atoms with E-state index in [2.05, 4.69) is 15.5 Å². The highest BCUT2D eigenvalue weighted by molar-refractivity contribution is 5.89. The Kier molecular flexibility index (Phi) is 2.97. The van der Waals surface area contributed by atoms with Gasteiger partial charge in [0, 0.05) is 19.5 Å². The molecule has 1 heterocycles. The van der Waals surface area contributed by atoms with Gasteiger partial charge in [-0.3, -0.25) is 10.1 Å². The van der Waals surface area contributed by atoms with Gasteiger partial charge >= 0.3 is 0 Å². The lowest BCUT2D eigenvalue weighted by atomic mass is 10.2. The molecule has 13 heavy (non-hydrogen) atoms. The number of carbonyl (C=O) groups excluding carboxylic acids is 1. The first kappa shape index (κ1) is 9.66. The minimum absolute atomic E-state index is 0.145. The Morgan fingerprint density at radius 3 is 3.00 bits per heavy atom. The van der Waals surface area contributed by atoms with Crippen LogP contribution >= 0.6 is 0 Å². The van der Waals surface area contributed by atoms with Gasteiger partial charge in [0.15, 0.2) is 0 Å². The van der Waals surface area contributed by atoms with E-state index in [9.17, 15) is 4.79 Å². The number of nitrogens with one attached hydrogen (secondary N) is 1. The number of aryl methyl sites for hydroxylation is 1. The number of hydrogen-bond donors (Lipinski definition) is 2. The summed E-state index contributed by atoms with van der Waals surface area (Å²) < 4.78 is 1.62. The summed E-state index contributed by atoms with van der Waals surface area (Å²) in [6, 6.07) is -0.145. The fourth-order valence-electron chi connectivity index (χ4n) is 0.865. The van der Waals surface area contributed by atoms with Crippen molar-refractivity contribution < 1.29 is 4.79 Å². The van der Waals surface area contributed by atoms with Crippen LogP contribution in [0, 0.1) is 0 Å². The second-order valence-corrected chi connectivity index (χ2v) is 3.00. The van der Waals surface area contributed by atoms with Gasteiger partial charge in [0.05, 0.1) is 0 Å². The highest BCUT2D eigenvalue weighted by Gasteiger charge is 2.07. The summed E-state index contributed by atoms with van der Waals surface area (Å²) in [5, 5.41) is 9.92. The van der Waals surface area contributed by atoms with E-state index in [0.717, 1.165) is 0 Å². The maximum Gasteiger partial charge on any atom is 0.230 e. The fraction of sp³-hybridized carbons (Fsp3) is 0.571. The summed E-state index contributed by atoms with van der Waals surface area (Å²) in [4.78, 5) is 11.2. The summed E-state index contributed by atoms with van der Waals surface area (Å²) in [5.74, 6) is 0.289. The molecule has 0 bridgehead atoms. The Labute approximate surface area is 76.1 Å². The Morgan fingerprint density at radius 2 is 2.54 bits per heavy atom. The zero-order valence-corrected chi connectivity index (χ0v) is 7.69. The van der Waals surface area contributed by atoms with Crippen molar-refractivity contribution in [2.45, 2.75) is 19.4 Å². The van der Waals surface area contributed by atoms with Crippen LogP contribution in [0.15, 0.2) is 6.33 Å². The molecule has 0 spiro atoms. The summed E-state index contributed by atoms with van der Waals surface area (Å²) in [6.07, 6.45) is 1.80. The van der Waals surface area contributed by atoms with E-state index >= 15 is 0 Å². The van der Waals surface area contributed by atoms with Crippen molar-refractivity contribution in [3.05, 3.63) is 6.33 Å². The molecule has 6 heteroatoms. The van der Waals surface area contributed by atoms with E-state index in [1.54, 1.807) is 18.5 Å². The van der Waals surface area contributed by atoms with Crippen molar-refractivity contribution in [1.82, 2.24) is 14.8 Å². The molecule has 0 aliphatic carbocycles. The average molecular weight is 183 g/mol. The molecule has 0 aliphatic heterocycles. The molecule has 0 fully saturated rings. The maximum absolute atomic E-state index is 11.2. The van der Waals surface area contributed by atoms with Crippen LogP contribution in [0.3, 0.4) is 0 Å². The number of rotatable bonds is 3. The monoisotopic (exact) mass is 183 g/mol. The van der Waals surface area contributed by atoms with E-state index < -0.39 is 0 Å². The van der Waals surface area contributed by atoms with Crippen LogP contribution in [-0.4, -0.2) is 26.7 Å². The van der Waals surface area contributed by atoms with Crippen LogP contribution in [0.2, 0.25) is 0 Å². The Hall–Kier alpha value is -1.43. The lowest BCUT2D eigenvalue weighted by Gasteiger charge is -2.05. The number of nitrogens with zero attached hydrogens (tertiary/aromatic N) is 3. The number of carbonyl (C=O) groups is 1. The van der Waals surface area contributed by atoms with Gasteiger partial charge < -0.3 is 10.3 Å². The highest BCUT2D eigenvalue weighted by Crippen LogP contribution is 1.99. The molecule has 0 aromatic carbocycles. The zero-order chi connectivity index (χ0) is 9.84. The minimum Gasteiger partial charge on any atom is -0.327 e. The van der Waals surface area contributed by atoms with Gasteiger partial charge in [-0.1, -0.05) is 0 Å². The van der Waals surface area contributed by atoms with Crippen LogP contribution in [0.1, 0.15) is 13.3 Å². The number of amides is 1. The molecule has 1 unspecified atom stereocenters. The van der Waals surface area contributed by atoms with Crippen molar-refractivity contribution in [2.24, 2.45) is 12.8 Å². The Morgan fingerprint density at radius 1 is 1.85 bits per heavy atom. The Balaban J connectivity index is 2.50. The second-order valence-electron chi connectivity index (χ2n) is 3.00. The van der Waals surface area contributed by atoms with Gasteiger partial charge in [-0.05, 0) is 6.92 Å². The van der Waals surface area contributed by atoms with Crippen LogP contribution in [0.4, 0.5) is 5.95 Å². The Bertz CT molecular complexity index is 293. The lowest BCUT2D eigenvalue weighted by molar-refractivity contribution is -0.116. The number of anilines is 1. The molecule has 0 aliphatic rings. The summed E-state index contributed by atoms with van der Waals surface area (Å²) >= 11 is 0. The third-order valence-electron chi connectivity index (χ3n) is 1.47. The molecule has 3 N–H and O–H groups in total. The normalized spacial score (nSPS) is 12.5. The van der Waals surface area contributed by atoms with E-state index in [-0.39, 0.29) is 18.4 Å². The molecule has 0 saturated heterocycles. The van der Waals surface area contributed by atoms with Crippen LogP contribution in [-0.2, 0) is 11.8 Å². The van der Waals surface area contributed by atoms with Gasteiger partial charge in [-0.2, -0.15) is 0 Å². The fourth-order valence-corrected chi connectivity index (χ4v) is 0.865. The van der Waals surface area contributed by atoms with E-state index in [0.29, 0.717) is 5.95 Å². The number of nitrogens with two attached hydrogens (primary N) is 1. The quantitative estimate of drug-likeness (QED) is 0.661. The highest BCUT2D eigenvalue weighted by atomic mass is 16.1. The predicted molar refractivity (Wildman–Crippen MR) is 47.9 cm³/mol. The number of aromatic nitrogens is 3. The summed E-state index contributed by atoms with van der Waals surface area (Å²) in [7, 11) is 1.75. The molecule has 1 aromatic heterocycles. The van der Waals surface area contributed by atoms with Crippen LogP contribution < -0.4 is 11.1 Å². The van der Waals surface area contributed by atoms with E-state index in [1.807, 2.05) is 0 Å². The topological polar surface area (TPSA) is 85.8 Å². The predicted octanol–water partition coefficient (Wildman–Crippen LogP) is -0.509. The van der Waals surface area contributed by atoms with Crippen molar-refractivity contribution in [1.29, 1.82) is 0 Å². The van der Waals surface area contributed by atoms with Crippen LogP contribution in [0.5, 0.6) is 0 Å². The molecule has 6 nitrogen and oxygen atoms in total. The average Bonchev–Trinajstić information content (AvgIpc) is 2.34. The molecule has 72 valence electrons. The lowest BCUT2D eigenvalue weighted by Crippen LogP contribution is -2.24. The minimum atomic E-state index is -0.147. The number of hydrogen-bond acceptors (Lipinski definition) is 4. The summed E-state index contributed by atoms with van der Waals surface area (Å²) in [6.45, 7) is 1.77. The smallest absolute Gasteiger partial charge is 0.230 e. The zero-order valence-electron chi connectivity index (χ0n) is 7.69. The molecule has 1 amide bonds. The van der Waals surface area contributed by atoms with Gasteiger partial charge in [0.1, 0.15) is 6.33 Å². The standard InChI is InChI=1S/C7H13N5O/c1-5(8)3-6(13)10-7-11-9-4-12(7)2/h4-5H,3,8H2,1-2H3,(H,10,11,13). The second kappa shape index (κ2) is 3.99. The van der Waals surface area contributed by atoms with E-state index in [1.165, 1.54) is 6.33 Å². The molecule has 1 aromatic rings. The van der Waals surface area contributed by atoms with Gasteiger partial charge in [0.2, 0.25) is 11.9 Å². The van der Waals surface area contributed by atoms with Gasteiger partial charge in [-0.25, -0.2) is 0 Å². The van der Waals surface area contributed by atoms with Crippen molar-refractivity contribution in [2.75, 3.05) is 5.32 Å². The van der Waals surface area contributed by atoms with Gasteiger partial charge in [-0.15, -0.1) is 10.2 Å². The van der Waals surface area contributed by atoms with Crippen molar-refractivity contribution in [3.8, 4) is 0 Å². The van der Waals surface area contributed by atoms with Crippen molar-refractivity contribution in [3.63, 3.8) is 0 Å². The third kappa shape index (κ3) is 2.83. The third-order valence-corrected chi connectivity index (χ3v) is 1.47. The SMILES string of the molecule is CC(N)CC(=O)Nc1nncn1C. The molecule has 0 saturated carbocycles. The van der Waals surface area contributed by atoms with Gasteiger partial charge in [0.25, 0.3) is 0 Å². The molecule has 1 rings (SSSR count). The first-order valence-corrected chi connectivity index (χ1v) is 3.99.